The van der Waals surface area contributed by atoms with Crippen LogP contribution in [0.1, 0.15) is 17.5 Å². The highest BCUT2D eigenvalue weighted by atomic mass is 32.2. The Hall–Kier alpha value is -1.94. The van der Waals surface area contributed by atoms with Crippen molar-refractivity contribution < 1.29 is 0 Å². The molecule has 0 aliphatic heterocycles. The Morgan fingerprint density at radius 2 is 1.95 bits per heavy atom. The molecule has 3 rings (SSSR count). The summed E-state index contributed by atoms with van der Waals surface area (Å²) < 4.78 is 1.83. The molecule has 3 nitrogen and oxygen atoms in total. The summed E-state index contributed by atoms with van der Waals surface area (Å²) in [6.45, 7) is 5.02. The van der Waals surface area contributed by atoms with Gasteiger partial charge in [0, 0.05) is 11.4 Å². The van der Waals surface area contributed by atoms with Gasteiger partial charge in [-0.05, 0) is 49.8 Å². The standard InChI is InChI=1S/C18H20N2OS/c1-13-8-9-17(14(2)12-13)22-11-5-10-20-16-7-4-3-6-15(16)19-18(20)21/h3-4,6-9,12H,5,10-11H2,1-2H3,(H,19,21). The largest absolute Gasteiger partial charge is 0.326 e. The molecule has 3 aromatic rings. The molecule has 0 atom stereocenters. The molecule has 1 aromatic heterocycles. The van der Waals surface area contributed by atoms with E-state index in [4.69, 9.17) is 0 Å². The third-order valence-electron chi connectivity index (χ3n) is 3.80. The van der Waals surface area contributed by atoms with E-state index < -0.39 is 0 Å². The predicted octanol–water partition coefficient (Wildman–Crippen LogP) is 4.13. The first-order valence-corrected chi connectivity index (χ1v) is 8.51. The number of aromatic amines is 1. The second-order valence-electron chi connectivity index (χ2n) is 5.57. The summed E-state index contributed by atoms with van der Waals surface area (Å²) in [5.41, 5.74) is 4.51. The molecule has 0 fully saturated rings. The van der Waals surface area contributed by atoms with Gasteiger partial charge in [-0.3, -0.25) is 4.57 Å². The van der Waals surface area contributed by atoms with Crippen molar-refractivity contribution in [2.45, 2.75) is 31.7 Å². The Bertz CT molecular complexity index is 848. The number of aromatic nitrogens is 2. The van der Waals surface area contributed by atoms with Gasteiger partial charge in [0.2, 0.25) is 0 Å². The first kappa shape index (κ1) is 15.0. The maximum Gasteiger partial charge on any atom is 0.326 e. The Labute approximate surface area is 134 Å². The number of para-hydroxylation sites is 2. The first-order valence-electron chi connectivity index (χ1n) is 7.53. The number of imidazole rings is 1. The lowest BCUT2D eigenvalue weighted by Gasteiger charge is -2.07. The van der Waals surface area contributed by atoms with Gasteiger partial charge in [0.1, 0.15) is 0 Å². The molecule has 2 aromatic carbocycles. The van der Waals surface area contributed by atoms with E-state index in [-0.39, 0.29) is 5.69 Å². The number of thioether (sulfide) groups is 1. The van der Waals surface area contributed by atoms with Crippen LogP contribution in [-0.2, 0) is 6.54 Å². The van der Waals surface area contributed by atoms with Gasteiger partial charge in [-0.25, -0.2) is 4.79 Å². The minimum Gasteiger partial charge on any atom is -0.306 e. The summed E-state index contributed by atoms with van der Waals surface area (Å²) in [5, 5.41) is 0. The average Bonchev–Trinajstić information content (AvgIpc) is 2.81. The molecule has 0 aliphatic rings. The van der Waals surface area contributed by atoms with Crippen molar-refractivity contribution in [2.75, 3.05) is 5.75 Å². The van der Waals surface area contributed by atoms with Crippen molar-refractivity contribution in [3.63, 3.8) is 0 Å². The molecule has 0 unspecified atom stereocenters. The second-order valence-corrected chi connectivity index (χ2v) is 6.71. The molecule has 0 aliphatic carbocycles. The highest BCUT2D eigenvalue weighted by Crippen LogP contribution is 2.24. The molecule has 1 N–H and O–H groups in total. The number of H-pyrrole nitrogens is 1. The molecular formula is C18H20N2OS. The summed E-state index contributed by atoms with van der Waals surface area (Å²) in [4.78, 5) is 16.2. The average molecular weight is 312 g/mol. The zero-order valence-electron chi connectivity index (χ0n) is 12.9. The summed E-state index contributed by atoms with van der Waals surface area (Å²) in [6, 6.07) is 14.4. The van der Waals surface area contributed by atoms with Gasteiger partial charge in [0.15, 0.2) is 0 Å². The van der Waals surface area contributed by atoms with Crippen molar-refractivity contribution >= 4 is 22.8 Å². The third kappa shape index (κ3) is 3.12. The van der Waals surface area contributed by atoms with Gasteiger partial charge in [-0.1, -0.05) is 29.8 Å². The number of aryl methyl sites for hydroxylation is 3. The van der Waals surface area contributed by atoms with Crippen LogP contribution in [0.3, 0.4) is 0 Å². The maximum absolute atomic E-state index is 12.0. The number of hydrogen-bond donors (Lipinski definition) is 1. The van der Waals surface area contributed by atoms with Crippen molar-refractivity contribution in [1.82, 2.24) is 9.55 Å². The molecule has 0 bridgehead atoms. The number of nitrogens with one attached hydrogen (secondary N) is 1. The lowest BCUT2D eigenvalue weighted by Crippen LogP contribution is -2.17. The monoisotopic (exact) mass is 312 g/mol. The third-order valence-corrected chi connectivity index (χ3v) is 5.06. The Morgan fingerprint density at radius 3 is 2.77 bits per heavy atom. The Morgan fingerprint density at radius 1 is 1.14 bits per heavy atom. The van der Waals surface area contributed by atoms with Crippen molar-refractivity contribution in [3.05, 3.63) is 64.1 Å². The van der Waals surface area contributed by atoms with Crippen LogP contribution in [0.25, 0.3) is 11.0 Å². The van der Waals surface area contributed by atoms with E-state index >= 15 is 0 Å². The van der Waals surface area contributed by atoms with Crippen LogP contribution in [0, 0.1) is 13.8 Å². The normalized spacial score (nSPS) is 11.2. The molecule has 0 amide bonds. The first-order chi connectivity index (χ1) is 10.6. The van der Waals surface area contributed by atoms with E-state index in [0.29, 0.717) is 0 Å². The fourth-order valence-corrected chi connectivity index (χ4v) is 3.64. The minimum absolute atomic E-state index is 0.0160. The van der Waals surface area contributed by atoms with Crippen LogP contribution in [0.4, 0.5) is 0 Å². The number of rotatable bonds is 5. The summed E-state index contributed by atoms with van der Waals surface area (Å²) in [7, 11) is 0. The molecule has 0 saturated heterocycles. The molecule has 4 heteroatoms. The van der Waals surface area contributed by atoms with Gasteiger partial charge < -0.3 is 4.98 Å². The highest BCUT2D eigenvalue weighted by molar-refractivity contribution is 7.99. The fraction of sp³-hybridized carbons (Fsp3) is 0.278. The molecule has 22 heavy (non-hydrogen) atoms. The van der Waals surface area contributed by atoms with E-state index in [1.807, 2.05) is 40.6 Å². The van der Waals surface area contributed by atoms with Crippen LogP contribution in [0.2, 0.25) is 0 Å². The number of hydrogen-bond acceptors (Lipinski definition) is 2. The van der Waals surface area contributed by atoms with E-state index in [2.05, 4.69) is 37.0 Å². The van der Waals surface area contributed by atoms with E-state index in [1.165, 1.54) is 16.0 Å². The maximum atomic E-state index is 12.0. The lowest BCUT2D eigenvalue weighted by atomic mass is 10.2. The van der Waals surface area contributed by atoms with E-state index in [9.17, 15) is 4.79 Å². The quantitative estimate of drug-likeness (QED) is 0.568. The summed E-state index contributed by atoms with van der Waals surface area (Å²) in [6.07, 6.45) is 0.972. The topological polar surface area (TPSA) is 37.8 Å². The van der Waals surface area contributed by atoms with Crippen molar-refractivity contribution in [1.29, 1.82) is 0 Å². The van der Waals surface area contributed by atoms with Gasteiger partial charge >= 0.3 is 5.69 Å². The van der Waals surface area contributed by atoms with Gasteiger partial charge in [0.05, 0.1) is 11.0 Å². The van der Waals surface area contributed by atoms with Crippen molar-refractivity contribution in [3.8, 4) is 0 Å². The summed E-state index contributed by atoms with van der Waals surface area (Å²) in [5.74, 6) is 1.01. The van der Waals surface area contributed by atoms with Crippen LogP contribution < -0.4 is 5.69 Å². The smallest absolute Gasteiger partial charge is 0.306 e. The van der Waals surface area contributed by atoms with Crippen LogP contribution in [-0.4, -0.2) is 15.3 Å². The van der Waals surface area contributed by atoms with Crippen molar-refractivity contribution in [2.24, 2.45) is 0 Å². The fourth-order valence-electron chi connectivity index (χ4n) is 2.69. The summed E-state index contributed by atoms with van der Waals surface area (Å²) >= 11 is 1.86. The zero-order chi connectivity index (χ0) is 15.5. The SMILES string of the molecule is Cc1ccc(SCCCn2c(=O)[nH]c3ccccc32)c(C)c1. The number of benzene rings is 2. The highest BCUT2D eigenvalue weighted by Gasteiger charge is 2.05. The Kier molecular flexibility index (Phi) is 4.39. The minimum atomic E-state index is -0.0160. The molecule has 0 spiro atoms. The van der Waals surface area contributed by atoms with Crippen LogP contribution in [0.15, 0.2) is 52.2 Å². The van der Waals surface area contributed by atoms with Gasteiger partial charge in [-0.2, -0.15) is 0 Å². The number of fused-ring (bicyclic) bond motifs is 1. The predicted molar refractivity (Wildman–Crippen MR) is 93.8 cm³/mol. The van der Waals surface area contributed by atoms with Gasteiger partial charge in [-0.15, -0.1) is 11.8 Å². The molecular weight excluding hydrogens is 292 g/mol. The second kappa shape index (κ2) is 6.44. The molecule has 0 radical (unpaired) electrons. The van der Waals surface area contributed by atoms with E-state index in [1.54, 1.807) is 0 Å². The molecule has 114 valence electrons. The zero-order valence-corrected chi connectivity index (χ0v) is 13.7. The number of nitrogens with zero attached hydrogens (tertiary/aromatic N) is 1. The lowest BCUT2D eigenvalue weighted by molar-refractivity contribution is 0.679. The van der Waals surface area contributed by atoms with E-state index in [0.717, 1.165) is 29.8 Å². The molecule has 0 saturated carbocycles. The Balaban J connectivity index is 1.63. The van der Waals surface area contributed by atoms with Gasteiger partial charge in [0.25, 0.3) is 0 Å². The van der Waals surface area contributed by atoms with Crippen LogP contribution >= 0.6 is 11.8 Å². The van der Waals surface area contributed by atoms with Crippen LogP contribution in [0.5, 0.6) is 0 Å². The molecule has 1 heterocycles.